The van der Waals surface area contributed by atoms with Crippen LogP contribution in [0.2, 0.25) is 0 Å². The standard InChI is InChI=1S/C4H3BN/c1-3-6-4-2-5-1/h1-3H. The topological polar surface area (TPSA) is 12.9 Å². The fourth-order valence-corrected chi connectivity index (χ4v) is 0.277. The molecule has 1 rings (SSSR count). The molecule has 1 heterocycles. The minimum atomic E-state index is 1.69. The Morgan fingerprint density at radius 1 is 1.67 bits per heavy atom. The van der Waals surface area contributed by atoms with Crippen LogP contribution in [0.3, 0.4) is 0 Å². The van der Waals surface area contributed by atoms with Crippen LogP contribution in [0.4, 0.5) is 0 Å². The van der Waals surface area contributed by atoms with Crippen molar-refractivity contribution in [3.63, 3.8) is 0 Å². The van der Waals surface area contributed by atoms with Crippen LogP contribution in [0.1, 0.15) is 0 Å². The first-order valence-electron chi connectivity index (χ1n) is 1.77. The van der Waals surface area contributed by atoms with Crippen LogP contribution in [0.15, 0.2) is 18.1 Å². The summed E-state index contributed by atoms with van der Waals surface area (Å²) in [6.45, 7) is 1.88. The van der Waals surface area contributed by atoms with E-state index in [9.17, 15) is 0 Å². The van der Waals surface area contributed by atoms with Gasteiger partial charge >= 0.3 is 36.2 Å². The first-order valence-corrected chi connectivity index (χ1v) is 1.77. The van der Waals surface area contributed by atoms with E-state index in [1.54, 1.807) is 12.2 Å². The number of hydrogen-bond donors (Lipinski definition) is 0. The van der Waals surface area contributed by atoms with Crippen molar-refractivity contribution >= 4 is 6.91 Å². The van der Waals surface area contributed by atoms with Gasteiger partial charge in [-0.3, -0.25) is 0 Å². The summed E-state index contributed by atoms with van der Waals surface area (Å²) in [6, 6.07) is 0. The Kier molecular flexibility index (Phi) is 1.00. The zero-order valence-electron chi connectivity index (χ0n) is 3.26. The Balaban J connectivity index is 3.00. The van der Waals surface area contributed by atoms with Crippen molar-refractivity contribution in [1.82, 2.24) is 4.98 Å². The van der Waals surface area contributed by atoms with Crippen LogP contribution < -0.4 is 0 Å². The molecule has 6 heavy (non-hydrogen) atoms. The molecule has 0 amide bonds. The van der Waals surface area contributed by atoms with Crippen LogP contribution in [-0.2, 0) is 0 Å². The van der Waals surface area contributed by atoms with Crippen LogP contribution in [0.25, 0.3) is 0 Å². The predicted molar refractivity (Wildman–Crippen MR) is 24.4 cm³/mol. The summed E-state index contributed by atoms with van der Waals surface area (Å²) in [5.74, 6) is 3.62. The quantitative estimate of drug-likeness (QED) is 0.430. The number of hydrogen-bond acceptors (Lipinski definition) is 1. The van der Waals surface area contributed by atoms with E-state index in [0.29, 0.717) is 0 Å². The molecule has 27 valence electrons. The summed E-state index contributed by atoms with van der Waals surface area (Å²) in [4.78, 5) is 3.66. The molecule has 0 unspecified atom stereocenters. The van der Waals surface area contributed by atoms with Gasteiger partial charge < -0.3 is 0 Å². The monoisotopic (exact) mass is 76.0 g/mol. The Morgan fingerprint density at radius 2 is 2.67 bits per heavy atom. The van der Waals surface area contributed by atoms with E-state index >= 15 is 0 Å². The van der Waals surface area contributed by atoms with E-state index in [4.69, 9.17) is 0 Å². The Hall–Kier alpha value is -0.655. The van der Waals surface area contributed by atoms with Gasteiger partial charge in [-0.05, 0) is 0 Å². The van der Waals surface area contributed by atoms with Gasteiger partial charge in [-0.15, -0.1) is 0 Å². The van der Waals surface area contributed by atoms with Crippen LogP contribution >= 0.6 is 0 Å². The molecule has 1 radical (unpaired) electrons. The van der Waals surface area contributed by atoms with Crippen molar-refractivity contribution < 1.29 is 0 Å². The molecule has 0 aliphatic heterocycles. The summed E-state index contributed by atoms with van der Waals surface area (Å²) < 4.78 is 0. The molecule has 0 atom stereocenters. The van der Waals surface area contributed by atoms with Gasteiger partial charge in [-0.1, -0.05) is 0 Å². The average molecular weight is 75.9 g/mol. The zero-order valence-corrected chi connectivity index (χ0v) is 3.26. The van der Waals surface area contributed by atoms with E-state index in [-0.39, 0.29) is 0 Å². The fraction of sp³-hybridized carbons (Fsp3) is 0. The van der Waals surface area contributed by atoms with Crippen molar-refractivity contribution in [2.24, 2.45) is 0 Å². The number of nitrogens with zero attached hydrogens (tertiary/aromatic N) is 1. The third-order valence-electron chi connectivity index (χ3n) is 0.517. The molecule has 1 nitrogen and oxygen atoms in total. The maximum atomic E-state index is 3.66. The first kappa shape index (κ1) is 3.53. The third-order valence-corrected chi connectivity index (χ3v) is 0.517. The summed E-state index contributed by atoms with van der Waals surface area (Å²) in [6.07, 6.45) is 4.34. The molecule has 0 bridgehead atoms. The molecule has 0 aliphatic rings. The van der Waals surface area contributed by atoms with Gasteiger partial charge in [-0.25, -0.2) is 0 Å². The predicted octanol–water partition coefficient (Wildman–Crippen LogP) is 0.220. The number of rotatable bonds is 0. The molecular formula is C4H3BN. The molecule has 0 fully saturated rings. The van der Waals surface area contributed by atoms with Gasteiger partial charge in [0.2, 0.25) is 0 Å². The maximum absolute atomic E-state index is 3.66. The SMILES string of the molecule is b1c[c]ncc1. The molecule has 0 N–H and O–H groups in total. The molecular weight excluding hydrogens is 72.9 g/mol. The second-order valence-corrected chi connectivity index (χ2v) is 0.959. The van der Waals surface area contributed by atoms with Crippen LogP contribution in [0.5, 0.6) is 0 Å². The summed E-state index contributed by atoms with van der Waals surface area (Å²) >= 11 is 0. The van der Waals surface area contributed by atoms with Crippen molar-refractivity contribution in [1.29, 1.82) is 0 Å². The Bertz CT molecular complexity index is 79.5. The molecule has 0 saturated heterocycles. The van der Waals surface area contributed by atoms with E-state index in [2.05, 4.69) is 11.2 Å². The number of aromatic nitrogens is 1. The van der Waals surface area contributed by atoms with Gasteiger partial charge in [0.25, 0.3) is 0 Å². The summed E-state index contributed by atoms with van der Waals surface area (Å²) in [5, 5.41) is 0. The van der Waals surface area contributed by atoms with E-state index in [1.165, 1.54) is 0 Å². The van der Waals surface area contributed by atoms with Crippen molar-refractivity contribution in [3.8, 4) is 0 Å². The van der Waals surface area contributed by atoms with Gasteiger partial charge in [0, 0.05) is 0 Å². The molecule has 0 saturated carbocycles. The fourth-order valence-electron chi connectivity index (χ4n) is 0.277. The third kappa shape index (κ3) is 0.644. The van der Waals surface area contributed by atoms with Crippen molar-refractivity contribution in [2.45, 2.75) is 0 Å². The van der Waals surface area contributed by atoms with Gasteiger partial charge in [0.15, 0.2) is 0 Å². The summed E-state index contributed by atoms with van der Waals surface area (Å²) in [7, 11) is 0. The zero-order chi connectivity index (χ0) is 4.24. The molecule has 0 spiro atoms. The second kappa shape index (κ2) is 1.70. The van der Waals surface area contributed by atoms with E-state index < -0.39 is 0 Å². The van der Waals surface area contributed by atoms with Crippen molar-refractivity contribution in [3.05, 3.63) is 24.3 Å². The van der Waals surface area contributed by atoms with Crippen molar-refractivity contribution in [2.75, 3.05) is 0 Å². The normalized spacial score (nSPS) is 7.33. The molecule has 0 aromatic carbocycles. The van der Waals surface area contributed by atoms with Gasteiger partial charge in [0.1, 0.15) is 0 Å². The van der Waals surface area contributed by atoms with E-state index in [0.717, 1.165) is 0 Å². The molecule has 1 aromatic rings. The summed E-state index contributed by atoms with van der Waals surface area (Å²) in [5.41, 5.74) is 0. The second-order valence-electron chi connectivity index (χ2n) is 0.959. The van der Waals surface area contributed by atoms with Gasteiger partial charge in [0.05, 0.1) is 0 Å². The molecule has 1 aromatic heterocycles. The minimum absolute atomic E-state index is 1.69. The molecule has 0 aliphatic carbocycles. The average Bonchev–Trinajstić information content (AvgIpc) is 1.72. The van der Waals surface area contributed by atoms with Crippen LogP contribution in [-0.4, -0.2) is 11.9 Å². The van der Waals surface area contributed by atoms with E-state index in [1.807, 2.05) is 12.9 Å². The first-order chi connectivity index (χ1) is 3.00. The Labute approximate surface area is 37.3 Å². The Morgan fingerprint density at radius 3 is 2.83 bits per heavy atom. The molecule has 2 heteroatoms. The van der Waals surface area contributed by atoms with Gasteiger partial charge in [-0.2, -0.15) is 0 Å². The van der Waals surface area contributed by atoms with Crippen LogP contribution in [0, 0.1) is 6.20 Å².